The minimum absolute atomic E-state index is 0.301. The van der Waals surface area contributed by atoms with Crippen LogP contribution in [0.2, 0.25) is 5.02 Å². The first kappa shape index (κ1) is 20.3. The standard InChI is InChI=1S/C21H25ClN4O2/c22-18-6-4-16(5-7-18)13-24-20(27)21(28)25-14-17-8-11-26(12-9-17)15-19-3-1-2-10-23-19/h1-7,10,17H,8-9,11-15H2,(H,24,27)(H,25,28). The second kappa shape index (κ2) is 10.2. The van der Waals surface area contributed by atoms with E-state index < -0.39 is 11.8 Å². The maximum Gasteiger partial charge on any atom is 0.309 e. The van der Waals surface area contributed by atoms with E-state index in [4.69, 9.17) is 11.6 Å². The first-order valence-corrected chi connectivity index (χ1v) is 9.90. The van der Waals surface area contributed by atoms with Gasteiger partial charge in [0, 0.05) is 30.9 Å². The number of likely N-dealkylation sites (tertiary alicyclic amines) is 1. The molecule has 2 aromatic rings. The smallest absolute Gasteiger partial charge is 0.309 e. The predicted molar refractivity (Wildman–Crippen MR) is 109 cm³/mol. The van der Waals surface area contributed by atoms with Gasteiger partial charge in [0.1, 0.15) is 0 Å². The quantitative estimate of drug-likeness (QED) is 0.730. The van der Waals surface area contributed by atoms with Crippen LogP contribution in [0.25, 0.3) is 0 Å². The van der Waals surface area contributed by atoms with Crippen LogP contribution >= 0.6 is 11.6 Å². The number of hydrogen-bond donors (Lipinski definition) is 2. The van der Waals surface area contributed by atoms with Gasteiger partial charge in [0.05, 0.1) is 5.69 Å². The third kappa shape index (κ3) is 6.32. The van der Waals surface area contributed by atoms with Crippen LogP contribution in [0.4, 0.5) is 0 Å². The fourth-order valence-electron chi connectivity index (χ4n) is 3.25. The largest absolute Gasteiger partial charge is 0.348 e. The summed E-state index contributed by atoms with van der Waals surface area (Å²) >= 11 is 5.83. The molecular formula is C21H25ClN4O2. The van der Waals surface area contributed by atoms with Crippen molar-refractivity contribution in [2.75, 3.05) is 19.6 Å². The molecule has 2 amide bonds. The molecule has 1 aliphatic heterocycles. The fraction of sp³-hybridized carbons (Fsp3) is 0.381. The lowest BCUT2D eigenvalue weighted by Crippen LogP contribution is -2.43. The summed E-state index contributed by atoms with van der Waals surface area (Å²) in [5, 5.41) is 6.03. The maximum absolute atomic E-state index is 12.0. The van der Waals surface area contributed by atoms with E-state index in [-0.39, 0.29) is 0 Å². The normalized spacial score (nSPS) is 15.2. The molecule has 0 spiro atoms. The highest BCUT2D eigenvalue weighted by atomic mass is 35.5. The van der Waals surface area contributed by atoms with E-state index in [9.17, 15) is 9.59 Å². The SMILES string of the molecule is O=C(NCc1ccc(Cl)cc1)C(=O)NCC1CCN(Cc2ccccn2)CC1. The van der Waals surface area contributed by atoms with Crippen LogP contribution in [0.15, 0.2) is 48.7 Å². The number of carbonyl (C=O) groups is 2. The van der Waals surface area contributed by atoms with Gasteiger partial charge >= 0.3 is 11.8 Å². The number of pyridine rings is 1. The van der Waals surface area contributed by atoms with E-state index in [2.05, 4.69) is 20.5 Å². The van der Waals surface area contributed by atoms with Crippen molar-refractivity contribution in [3.8, 4) is 0 Å². The maximum atomic E-state index is 12.0. The molecule has 1 aromatic carbocycles. The molecule has 28 heavy (non-hydrogen) atoms. The zero-order valence-corrected chi connectivity index (χ0v) is 16.5. The molecule has 1 saturated heterocycles. The molecule has 0 radical (unpaired) electrons. The molecule has 1 aromatic heterocycles. The Labute approximate surface area is 170 Å². The summed E-state index contributed by atoms with van der Waals surface area (Å²) in [5.74, 6) is -0.791. The highest BCUT2D eigenvalue weighted by Crippen LogP contribution is 2.17. The Balaban J connectivity index is 1.33. The summed E-state index contributed by atoms with van der Waals surface area (Å²) in [5.41, 5.74) is 1.97. The van der Waals surface area contributed by atoms with Crippen molar-refractivity contribution >= 4 is 23.4 Å². The minimum Gasteiger partial charge on any atom is -0.348 e. The molecule has 6 nitrogen and oxygen atoms in total. The average molecular weight is 401 g/mol. The summed E-state index contributed by atoms with van der Waals surface area (Å²) in [4.78, 5) is 30.7. The van der Waals surface area contributed by atoms with Gasteiger partial charge in [-0.25, -0.2) is 0 Å². The van der Waals surface area contributed by atoms with Crippen molar-refractivity contribution in [1.82, 2.24) is 20.5 Å². The van der Waals surface area contributed by atoms with Crippen molar-refractivity contribution in [2.24, 2.45) is 5.92 Å². The molecule has 0 unspecified atom stereocenters. The number of halogens is 1. The lowest BCUT2D eigenvalue weighted by atomic mass is 9.96. The molecule has 0 bridgehead atoms. The van der Waals surface area contributed by atoms with Crippen molar-refractivity contribution in [3.05, 3.63) is 64.9 Å². The Morgan fingerprint density at radius 1 is 1.04 bits per heavy atom. The summed E-state index contributed by atoms with van der Waals surface area (Å²) < 4.78 is 0. The van der Waals surface area contributed by atoms with Gasteiger partial charge in [0.25, 0.3) is 0 Å². The van der Waals surface area contributed by atoms with Crippen molar-refractivity contribution in [1.29, 1.82) is 0 Å². The van der Waals surface area contributed by atoms with Crippen molar-refractivity contribution < 1.29 is 9.59 Å². The number of amides is 2. The summed E-state index contributed by atoms with van der Waals surface area (Å²) in [6.07, 6.45) is 3.81. The second-order valence-electron chi connectivity index (χ2n) is 7.06. The monoisotopic (exact) mass is 400 g/mol. The lowest BCUT2D eigenvalue weighted by Gasteiger charge is -2.31. The highest BCUT2D eigenvalue weighted by Gasteiger charge is 2.21. The Morgan fingerprint density at radius 3 is 2.43 bits per heavy atom. The lowest BCUT2D eigenvalue weighted by molar-refractivity contribution is -0.139. The van der Waals surface area contributed by atoms with E-state index in [1.165, 1.54) is 0 Å². The molecule has 148 valence electrons. The van der Waals surface area contributed by atoms with Crippen LogP contribution in [0, 0.1) is 5.92 Å². The zero-order chi connectivity index (χ0) is 19.8. The second-order valence-corrected chi connectivity index (χ2v) is 7.50. The molecule has 1 fully saturated rings. The molecule has 3 rings (SSSR count). The number of piperidine rings is 1. The molecule has 2 heterocycles. The average Bonchev–Trinajstić information content (AvgIpc) is 2.73. The van der Waals surface area contributed by atoms with Gasteiger partial charge < -0.3 is 10.6 Å². The summed E-state index contributed by atoms with van der Waals surface area (Å²) in [6.45, 7) is 3.63. The van der Waals surface area contributed by atoms with Gasteiger partial charge in [0.2, 0.25) is 0 Å². The number of nitrogens with one attached hydrogen (secondary N) is 2. The number of nitrogens with zero attached hydrogens (tertiary/aromatic N) is 2. The van der Waals surface area contributed by atoms with E-state index in [1.807, 2.05) is 36.5 Å². The fourth-order valence-corrected chi connectivity index (χ4v) is 3.38. The first-order valence-electron chi connectivity index (χ1n) is 9.53. The number of benzene rings is 1. The number of carbonyl (C=O) groups excluding carboxylic acids is 2. The third-order valence-electron chi connectivity index (χ3n) is 4.94. The molecular weight excluding hydrogens is 376 g/mol. The molecule has 1 aliphatic rings. The van der Waals surface area contributed by atoms with Crippen LogP contribution in [-0.2, 0) is 22.7 Å². The molecule has 7 heteroatoms. The van der Waals surface area contributed by atoms with Gasteiger partial charge in [-0.05, 0) is 61.7 Å². The van der Waals surface area contributed by atoms with Crippen molar-refractivity contribution in [3.63, 3.8) is 0 Å². The number of hydrogen-bond acceptors (Lipinski definition) is 4. The molecule has 0 atom stereocenters. The van der Waals surface area contributed by atoms with Crippen LogP contribution in [0.3, 0.4) is 0 Å². The van der Waals surface area contributed by atoms with E-state index >= 15 is 0 Å². The summed E-state index contributed by atoms with van der Waals surface area (Å²) in [7, 11) is 0. The van der Waals surface area contributed by atoms with Crippen LogP contribution in [0.5, 0.6) is 0 Å². The predicted octanol–water partition coefficient (Wildman–Crippen LogP) is 2.38. The number of aromatic nitrogens is 1. The van der Waals surface area contributed by atoms with Gasteiger partial charge in [0.15, 0.2) is 0 Å². The first-order chi connectivity index (χ1) is 13.6. The third-order valence-corrected chi connectivity index (χ3v) is 5.19. The van der Waals surface area contributed by atoms with E-state index in [1.54, 1.807) is 12.1 Å². The van der Waals surface area contributed by atoms with Crippen LogP contribution in [-0.4, -0.2) is 41.3 Å². The Morgan fingerprint density at radius 2 is 1.75 bits per heavy atom. The molecule has 0 aliphatic carbocycles. The van der Waals surface area contributed by atoms with Gasteiger partial charge in [-0.2, -0.15) is 0 Å². The van der Waals surface area contributed by atoms with E-state index in [0.29, 0.717) is 24.0 Å². The van der Waals surface area contributed by atoms with Crippen molar-refractivity contribution in [2.45, 2.75) is 25.9 Å². The van der Waals surface area contributed by atoms with Gasteiger partial charge in [-0.3, -0.25) is 19.5 Å². The minimum atomic E-state index is -0.609. The zero-order valence-electron chi connectivity index (χ0n) is 15.7. The Bertz CT molecular complexity index is 775. The molecule has 2 N–H and O–H groups in total. The van der Waals surface area contributed by atoms with E-state index in [0.717, 1.165) is 43.7 Å². The Hall–Kier alpha value is -2.44. The molecule has 0 saturated carbocycles. The Kier molecular flexibility index (Phi) is 7.39. The van der Waals surface area contributed by atoms with Gasteiger partial charge in [-0.1, -0.05) is 29.8 Å². The summed E-state index contributed by atoms with van der Waals surface area (Å²) in [6, 6.07) is 13.1. The van der Waals surface area contributed by atoms with Crippen LogP contribution < -0.4 is 10.6 Å². The van der Waals surface area contributed by atoms with Gasteiger partial charge in [-0.15, -0.1) is 0 Å². The topological polar surface area (TPSA) is 74.3 Å². The highest BCUT2D eigenvalue weighted by molar-refractivity contribution is 6.35. The number of rotatable bonds is 6. The van der Waals surface area contributed by atoms with Crippen LogP contribution in [0.1, 0.15) is 24.1 Å².